The number of anilines is 1. The predicted molar refractivity (Wildman–Crippen MR) is 88.4 cm³/mol. The fourth-order valence-corrected chi connectivity index (χ4v) is 2.12. The molecule has 0 fully saturated rings. The van der Waals surface area contributed by atoms with E-state index >= 15 is 0 Å². The van der Waals surface area contributed by atoms with E-state index in [2.05, 4.69) is 24.5 Å². The van der Waals surface area contributed by atoms with Crippen molar-refractivity contribution in [2.24, 2.45) is 0 Å². The van der Waals surface area contributed by atoms with E-state index < -0.39 is 5.91 Å². The summed E-state index contributed by atoms with van der Waals surface area (Å²) in [5.74, 6) is 0.565. The Hall–Kier alpha value is -3.00. The molecule has 1 heterocycles. The van der Waals surface area contributed by atoms with E-state index in [0.29, 0.717) is 6.54 Å². The Kier molecular flexibility index (Phi) is 5.59. The van der Waals surface area contributed by atoms with E-state index in [1.165, 1.54) is 6.20 Å². The Morgan fingerprint density at radius 1 is 1.30 bits per heavy atom. The van der Waals surface area contributed by atoms with Crippen LogP contribution in [0.3, 0.4) is 0 Å². The number of carbonyl (C=O) groups excluding carboxylic acids is 1. The van der Waals surface area contributed by atoms with Crippen molar-refractivity contribution >= 4 is 11.6 Å². The summed E-state index contributed by atoms with van der Waals surface area (Å²) in [4.78, 5) is 12.2. The van der Waals surface area contributed by atoms with Crippen LogP contribution >= 0.6 is 0 Å². The molecule has 5 nitrogen and oxygen atoms in total. The molecule has 0 unspecified atom stereocenters. The van der Waals surface area contributed by atoms with E-state index in [1.54, 1.807) is 12.3 Å². The number of nitrogens with zero attached hydrogens (tertiary/aromatic N) is 1. The van der Waals surface area contributed by atoms with Crippen LogP contribution in [0.1, 0.15) is 31.1 Å². The monoisotopic (exact) mass is 309 g/mol. The molecule has 1 aromatic carbocycles. The topological polar surface area (TPSA) is 78.1 Å². The Bertz CT molecular complexity index is 725. The fourth-order valence-electron chi connectivity index (χ4n) is 2.12. The van der Waals surface area contributed by atoms with E-state index in [0.717, 1.165) is 17.0 Å². The van der Waals surface area contributed by atoms with Gasteiger partial charge in [0.2, 0.25) is 0 Å². The zero-order valence-electron chi connectivity index (χ0n) is 13.2. The molecule has 0 radical (unpaired) electrons. The van der Waals surface area contributed by atoms with Crippen molar-refractivity contribution in [2.45, 2.75) is 26.3 Å². The van der Waals surface area contributed by atoms with Gasteiger partial charge >= 0.3 is 0 Å². The third-order valence-corrected chi connectivity index (χ3v) is 3.30. The molecular formula is C18H19N3O2. The number of amides is 1. The average Bonchev–Trinajstić information content (AvgIpc) is 3.05. The van der Waals surface area contributed by atoms with Crippen molar-refractivity contribution in [3.05, 3.63) is 65.8 Å². The molecule has 0 aliphatic heterocycles. The molecular weight excluding hydrogens is 290 g/mol. The first kappa shape index (κ1) is 16.4. The second-order valence-electron chi connectivity index (χ2n) is 5.33. The van der Waals surface area contributed by atoms with Gasteiger partial charge in [-0.15, -0.1) is 0 Å². The van der Waals surface area contributed by atoms with Crippen LogP contribution in [0.15, 0.2) is 58.9 Å². The molecule has 0 aliphatic carbocycles. The highest BCUT2D eigenvalue weighted by Crippen LogP contribution is 2.23. The molecule has 2 N–H and O–H groups in total. The van der Waals surface area contributed by atoms with Crippen molar-refractivity contribution < 1.29 is 9.21 Å². The number of hydrogen-bond donors (Lipinski definition) is 2. The summed E-state index contributed by atoms with van der Waals surface area (Å²) in [5, 5.41) is 14.9. The van der Waals surface area contributed by atoms with Crippen molar-refractivity contribution in [3.63, 3.8) is 0 Å². The number of carbonyl (C=O) groups is 1. The second kappa shape index (κ2) is 7.85. The van der Waals surface area contributed by atoms with Crippen LogP contribution in [0.4, 0.5) is 5.69 Å². The summed E-state index contributed by atoms with van der Waals surface area (Å²) in [7, 11) is 0. The van der Waals surface area contributed by atoms with Gasteiger partial charge in [-0.2, -0.15) is 5.26 Å². The molecule has 2 rings (SSSR count). The molecule has 0 atom stereocenters. The second-order valence-corrected chi connectivity index (χ2v) is 5.33. The summed E-state index contributed by atoms with van der Waals surface area (Å²) < 4.78 is 5.17. The van der Waals surface area contributed by atoms with Crippen LogP contribution < -0.4 is 10.6 Å². The van der Waals surface area contributed by atoms with E-state index in [4.69, 9.17) is 9.68 Å². The summed E-state index contributed by atoms with van der Waals surface area (Å²) in [5.41, 5.74) is 1.76. The third-order valence-electron chi connectivity index (χ3n) is 3.30. The Morgan fingerprint density at radius 3 is 2.74 bits per heavy atom. The van der Waals surface area contributed by atoms with Crippen LogP contribution in [-0.2, 0) is 11.3 Å². The molecule has 0 bridgehead atoms. The minimum Gasteiger partial charge on any atom is -0.467 e. The van der Waals surface area contributed by atoms with Gasteiger partial charge in [0.05, 0.1) is 12.8 Å². The highest BCUT2D eigenvalue weighted by atomic mass is 16.3. The Balaban J connectivity index is 2.04. The van der Waals surface area contributed by atoms with E-state index in [-0.39, 0.29) is 11.5 Å². The SMILES string of the molecule is CC(C)c1ccccc1NC(=O)/C(C#N)=C\NCc1ccco1. The molecule has 2 aromatic rings. The van der Waals surface area contributed by atoms with Crippen LogP contribution in [0, 0.1) is 11.3 Å². The zero-order valence-corrected chi connectivity index (χ0v) is 13.2. The Labute approximate surface area is 135 Å². The lowest BCUT2D eigenvalue weighted by Gasteiger charge is -2.13. The summed E-state index contributed by atoms with van der Waals surface area (Å²) in [6.45, 7) is 4.52. The van der Waals surface area contributed by atoms with Crippen LogP contribution in [0.2, 0.25) is 0 Å². The molecule has 0 saturated carbocycles. The lowest BCUT2D eigenvalue weighted by molar-refractivity contribution is -0.112. The maximum Gasteiger partial charge on any atom is 0.267 e. The molecule has 0 saturated heterocycles. The van der Waals surface area contributed by atoms with Gasteiger partial charge in [0.25, 0.3) is 5.91 Å². The van der Waals surface area contributed by atoms with Crippen LogP contribution in [0.25, 0.3) is 0 Å². The summed E-state index contributed by atoms with van der Waals surface area (Å²) in [6, 6.07) is 13.1. The molecule has 5 heteroatoms. The van der Waals surface area contributed by atoms with Gasteiger partial charge < -0.3 is 15.1 Å². The maximum atomic E-state index is 12.2. The van der Waals surface area contributed by atoms with E-state index in [1.807, 2.05) is 36.4 Å². The molecule has 23 heavy (non-hydrogen) atoms. The molecule has 1 aromatic heterocycles. The highest BCUT2D eigenvalue weighted by Gasteiger charge is 2.12. The van der Waals surface area contributed by atoms with Crippen molar-refractivity contribution in [1.82, 2.24) is 5.32 Å². The minimum absolute atomic E-state index is 0.00937. The van der Waals surface area contributed by atoms with Gasteiger partial charge in [-0.05, 0) is 29.7 Å². The predicted octanol–water partition coefficient (Wildman–Crippen LogP) is 3.54. The molecule has 1 amide bonds. The average molecular weight is 309 g/mol. The minimum atomic E-state index is -0.437. The molecule has 118 valence electrons. The number of benzene rings is 1. The number of nitrogens with one attached hydrogen (secondary N) is 2. The van der Waals surface area contributed by atoms with Gasteiger partial charge in [0, 0.05) is 11.9 Å². The number of para-hydroxylation sites is 1. The zero-order chi connectivity index (χ0) is 16.7. The van der Waals surface area contributed by atoms with Gasteiger partial charge in [0.1, 0.15) is 17.4 Å². The number of hydrogen-bond acceptors (Lipinski definition) is 4. The quantitative estimate of drug-likeness (QED) is 0.632. The number of nitriles is 1. The van der Waals surface area contributed by atoms with E-state index in [9.17, 15) is 4.79 Å². The maximum absolute atomic E-state index is 12.2. The lowest BCUT2D eigenvalue weighted by atomic mass is 10.0. The molecule has 0 spiro atoms. The van der Waals surface area contributed by atoms with Gasteiger partial charge in [-0.25, -0.2) is 0 Å². The number of rotatable bonds is 6. The normalized spacial score (nSPS) is 11.1. The number of furan rings is 1. The Morgan fingerprint density at radius 2 is 2.09 bits per heavy atom. The lowest BCUT2D eigenvalue weighted by Crippen LogP contribution is -2.17. The van der Waals surface area contributed by atoms with Crippen molar-refractivity contribution in [3.8, 4) is 6.07 Å². The first-order chi connectivity index (χ1) is 11.1. The third kappa shape index (κ3) is 4.48. The van der Waals surface area contributed by atoms with Crippen molar-refractivity contribution in [1.29, 1.82) is 5.26 Å². The van der Waals surface area contributed by atoms with Crippen LogP contribution in [-0.4, -0.2) is 5.91 Å². The fraction of sp³-hybridized carbons (Fsp3) is 0.222. The van der Waals surface area contributed by atoms with Gasteiger partial charge in [-0.1, -0.05) is 32.0 Å². The largest absolute Gasteiger partial charge is 0.467 e. The summed E-state index contributed by atoms with van der Waals surface area (Å²) in [6.07, 6.45) is 2.97. The highest BCUT2D eigenvalue weighted by molar-refractivity contribution is 6.06. The smallest absolute Gasteiger partial charge is 0.267 e. The van der Waals surface area contributed by atoms with Crippen LogP contribution in [0.5, 0.6) is 0 Å². The molecule has 0 aliphatic rings. The van der Waals surface area contributed by atoms with Gasteiger partial charge in [-0.3, -0.25) is 4.79 Å². The first-order valence-electron chi connectivity index (χ1n) is 7.38. The standard InChI is InChI=1S/C18H19N3O2/c1-13(2)16-7-3-4-8-17(16)21-18(22)14(10-19)11-20-12-15-6-5-9-23-15/h3-9,11,13,20H,12H2,1-2H3,(H,21,22)/b14-11-. The van der Waals surface area contributed by atoms with Crippen molar-refractivity contribution in [2.75, 3.05) is 5.32 Å². The summed E-state index contributed by atoms with van der Waals surface area (Å²) >= 11 is 0. The first-order valence-corrected chi connectivity index (χ1v) is 7.38. The van der Waals surface area contributed by atoms with Gasteiger partial charge in [0.15, 0.2) is 0 Å².